The van der Waals surface area contributed by atoms with Crippen LogP contribution in [-0.4, -0.2) is 39.8 Å². The molecule has 0 saturated carbocycles. The Morgan fingerprint density at radius 1 is 1.54 bits per heavy atom. The van der Waals surface area contributed by atoms with Crippen LogP contribution in [0.4, 0.5) is 0 Å². The van der Waals surface area contributed by atoms with Gasteiger partial charge in [0.25, 0.3) is 0 Å². The quantitative estimate of drug-likeness (QED) is 0.685. The van der Waals surface area contributed by atoms with Crippen LogP contribution in [0.15, 0.2) is 4.79 Å². The van der Waals surface area contributed by atoms with Gasteiger partial charge in [0, 0.05) is 13.1 Å². The summed E-state index contributed by atoms with van der Waals surface area (Å²) in [5.41, 5.74) is -0.172. The van der Waals surface area contributed by atoms with E-state index in [2.05, 4.69) is 22.0 Å². The summed E-state index contributed by atoms with van der Waals surface area (Å²) in [5.74, 6) is 0. The lowest BCUT2D eigenvalue weighted by Crippen LogP contribution is -2.27. The monoisotopic (exact) mass is 202 g/mol. The average Bonchev–Trinajstić information content (AvgIpc) is 2.43. The Morgan fingerprint density at radius 3 is 2.69 bits per heavy atom. The zero-order valence-electron chi connectivity index (χ0n) is 7.83. The van der Waals surface area contributed by atoms with Gasteiger partial charge in [0.1, 0.15) is 0 Å². The number of aromatic nitrogens is 3. The third kappa shape index (κ3) is 2.53. The van der Waals surface area contributed by atoms with Crippen LogP contribution >= 0.6 is 12.2 Å². The van der Waals surface area contributed by atoms with Crippen molar-refractivity contribution in [2.75, 3.05) is 20.1 Å². The lowest BCUT2D eigenvalue weighted by molar-refractivity contribution is 0.332. The maximum absolute atomic E-state index is 11.1. The largest absolute Gasteiger partial charge is 0.342 e. The molecule has 0 fully saturated rings. The highest BCUT2D eigenvalue weighted by Gasteiger charge is 2.00. The van der Waals surface area contributed by atoms with E-state index < -0.39 is 0 Å². The van der Waals surface area contributed by atoms with E-state index in [4.69, 9.17) is 12.2 Å². The Bertz CT molecular complexity index is 336. The third-order valence-corrected chi connectivity index (χ3v) is 2.33. The van der Waals surface area contributed by atoms with Crippen molar-refractivity contribution in [2.45, 2.75) is 13.5 Å². The normalized spacial score (nSPS) is 11.0. The number of nitrogens with zero attached hydrogens (tertiary/aromatic N) is 2. The summed E-state index contributed by atoms with van der Waals surface area (Å²) in [7, 11) is 2.00. The highest BCUT2D eigenvalue weighted by molar-refractivity contribution is 7.71. The second-order valence-corrected chi connectivity index (χ2v) is 3.29. The second kappa shape index (κ2) is 4.38. The summed E-state index contributed by atoms with van der Waals surface area (Å²) in [6.07, 6.45) is 0. The van der Waals surface area contributed by atoms with Crippen molar-refractivity contribution in [1.29, 1.82) is 0 Å². The fourth-order valence-electron chi connectivity index (χ4n) is 0.966. The maximum atomic E-state index is 11.1. The highest BCUT2D eigenvalue weighted by atomic mass is 32.1. The van der Waals surface area contributed by atoms with Crippen molar-refractivity contribution in [1.82, 2.24) is 19.7 Å². The maximum Gasteiger partial charge on any atom is 0.342 e. The average molecular weight is 202 g/mol. The first kappa shape index (κ1) is 10.2. The summed E-state index contributed by atoms with van der Waals surface area (Å²) in [5, 5.41) is 5.04. The van der Waals surface area contributed by atoms with E-state index in [-0.39, 0.29) is 5.69 Å². The van der Waals surface area contributed by atoms with Crippen LogP contribution in [0.2, 0.25) is 0 Å². The first-order valence-corrected chi connectivity index (χ1v) is 4.62. The molecule has 74 valence electrons. The molecule has 0 bridgehead atoms. The molecule has 0 aliphatic heterocycles. The van der Waals surface area contributed by atoms with Crippen molar-refractivity contribution in [2.24, 2.45) is 0 Å². The molecule has 0 amide bonds. The van der Waals surface area contributed by atoms with Gasteiger partial charge in [-0.15, -0.1) is 0 Å². The number of hydrogen-bond acceptors (Lipinski definition) is 3. The number of likely N-dealkylation sites (N-methyl/N-ethyl adjacent to an activating group) is 1. The summed E-state index contributed by atoms with van der Waals surface area (Å²) in [6.45, 7) is 4.49. The zero-order valence-corrected chi connectivity index (χ0v) is 8.65. The molecule has 6 heteroatoms. The van der Waals surface area contributed by atoms with E-state index in [0.717, 1.165) is 13.1 Å². The smallest absolute Gasteiger partial charge is 0.305 e. The molecule has 1 heterocycles. The standard InChI is InChI=1S/C7H14N4OS/c1-3-10(2)4-5-11-6(12)8-9-7(11)13/h3-5H2,1-2H3,(H,8,12)(H,9,13). The summed E-state index contributed by atoms with van der Waals surface area (Å²) in [4.78, 5) is 13.3. The number of nitrogens with one attached hydrogen (secondary N) is 2. The number of rotatable bonds is 4. The van der Waals surface area contributed by atoms with Gasteiger partial charge in [0.2, 0.25) is 0 Å². The van der Waals surface area contributed by atoms with Crippen molar-refractivity contribution >= 4 is 12.2 Å². The van der Waals surface area contributed by atoms with Gasteiger partial charge in [-0.25, -0.2) is 9.89 Å². The minimum atomic E-state index is -0.172. The molecule has 0 unspecified atom stereocenters. The summed E-state index contributed by atoms with van der Waals surface area (Å²) in [6, 6.07) is 0. The molecule has 5 nitrogen and oxygen atoms in total. The Balaban J connectivity index is 2.64. The van der Waals surface area contributed by atoms with E-state index in [9.17, 15) is 4.79 Å². The molecule has 1 aromatic rings. The van der Waals surface area contributed by atoms with Crippen LogP contribution in [-0.2, 0) is 6.54 Å². The van der Waals surface area contributed by atoms with Gasteiger partial charge < -0.3 is 4.90 Å². The van der Waals surface area contributed by atoms with E-state index in [1.807, 2.05) is 7.05 Å². The van der Waals surface area contributed by atoms with Crippen LogP contribution in [0.3, 0.4) is 0 Å². The molecule has 0 spiro atoms. The van der Waals surface area contributed by atoms with Crippen LogP contribution in [0, 0.1) is 4.77 Å². The van der Waals surface area contributed by atoms with Gasteiger partial charge in [-0.05, 0) is 25.8 Å². The Kier molecular flexibility index (Phi) is 3.44. The van der Waals surface area contributed by atoms with Gasteiger partial charge >= 0.3 is 5.69 Å². The predicted octanol–water partition coefficient (Wildman–Crippen LogP) is 0.186. The van der Waals surface area contributed by atoms with Gasteiger partial charge in [-0.3, -0.25) is 9.67 Å². The Labute approximate surface area is 81.4 Å². The minimum absolute atomic E-state index is 0.172. The lowest BCUT2D eigenvalue weighted by atomic mass is 10.5. The van der Waals surface area contributed by atoms with Crippen LogP contribution in [0.1, 0.15) is 6.92 Å². The van der Waals surface area contributed by atoms with Crippen molar-refractivity contribution in [3.8, 4) is 0 Å². The molecular formula is C7H14N4OS. The fourth-order valence-corrected chi connectivity index (χ4v) is 1.19. The number of hydrogen-bond donors (Lipinski definition) is 2. The SMILES string of the molecule is CCN(C)CCn1c(=O)[nH][nH]c1=S. The number of H-pyrrole nitrogens is 2. The third-order valence-electron chi connectivity index (χ3n) is 2.01. The first-order valence-electron chi connectivity index (χ1n) is 4.21. The second-order valence-electron chi connectivity index (χ2n) is 2.91. The van der Waals surface area contributed by atoms with Gasteiger partial charge in [0.05, 0.1) is 0 Å². The molecule has 13 heavy (non-hydrogen) atoms. The summed E-state index contributed by atoms with van der Waals surface area (Å²) < 4.78 is 1.97. The van der Waals surface area contributed by atoms with Crippen molar-refractivity contribution in [3.63, 3.8) is 0 Å². The first-order chi connectivity index (χ1) is 6.15. The fraction of sp³-hybridized carbons (Fsp3) is 0.714. The van der Waals surface area contributed by atoms with E-state index >= 15 is 0 Å². The minimum Gasteiger partial charge on any atom is -0.305 e. The van der Waals surface area contributed by atoms with Crippen LogP contribution < -0.4 is 5.69 Å². The van der Waals surface area contributed by atoms with Gasteiger partial charge in [-0.2, -0.15) is 0 Å². The van der Waals surface area contributed by atoms with Crippen molar-refractivity contribution < 1.29 is 0 Å². The van der Waals surface area contributed by atoms with E-state index in [0.29, 0.717) is 11.3 Å². The Morgan fingerprint density at radius 2 is 2.23 bits per heavy atom. The van der Waals surface area contributed by atoms with E-state index in [1.54, 1.807) is 0 Å². The van der Waals surface area contributed by atoms with Crippen LogP contribution in [0.5, 0.6) is 0 Å². The van der Waals surface area contributed by atoms with Gasteiger partial charge in [-0.1, -0.05) is 6.92 Å². The molecule has 0 saturated heterocycles. The topological polar surface area (TPSA) is 56.8 Å². The molecule has 0 aromatic carbocycles. The predicted molar refractivity (Wildman–Crippen MR) is 53.4 cm³/mol. The van der Waals surface area contributed by atoms with E-state index in [1.165, 1.54) is 4.57 Å². The molecular weight excluding hydrogens is 188 g/mol. The summed E-state index contributed by atoms with van der Waals surface area (Å²) >= 11 is 4.92. The molecule has 0 radical (unpaired) electrons. The molecule has 0 atom stereocenters. The molecule has 1 rings (SSSR count). The molecule has 0 aliphatic rings. The van der Waals surface area contributed by atoms with Crippen molar-refractivity contribution in [3.05, 3.63) is 15.3 Å². The lowest BCUT2D eigenvalue weighted by Gasteiger charge is -2.12. The van der Waals surface area contributed by atoms with Crippen LogP contribution in [0.25, 0.3) is 0 Å². The Hall–Kier alpha value is -0.880. The highest BCUT2D eigenvalue weighted by Crippen LogP contribution is 1.85. The number of aromatic amines is 2. The van der Waals surface area contributed by atoms with Gasteiger partial charge in [0.15, 0.2) is 4.77 Å². The zero-order chi connectivity index (χ0) is 9.84. The molecule has 0 aliphatic carbocycles. The molecule has 2 N–H and O–H groups in total. The molecule has 1 aromatic heterocycles.